The van der Waals surface area contributed by atoms with E-state index in [1.54, 1.807) is 18.2 Å². The van der Waals surface area contributed by atoms with Crippen LogP contribution in [0.2, 0.25) is 0 Å². The Balaban J connectivity index is 2.55. The Morgan fingerprint density at radius 3 is 3.00 bits per heavy atom. The lowest BCUT2D eigenvalue weighted by molar-refractivity contribution is 0.476. The first-order valence-electron chi connectivity index (χ1n) is 4.28. The summed E-state index contributed by atoms with van der Waals surface area (Å²) in [4.78, 5) is 3.06. The summed E-state index contributed by atoms with van der Waals surface area (Å²) in [5.41, 5.74) is 7.20. The molecule has 0 bridgehead atoms. The summed E-state index contributed by atoms with van der Waals surface area (Å²) in [5, 5.41) is 17.4. The van der Waals surface area contributed by atoms with Crippen LogP contribution < -0.4 is 5.73 Å². The Bertz CT molecular complexity index is 487. The highest BCUT2D eigenvalue weighted by Crippen LogP contribution is 2.22. The van der Waals surface area contributed by atoms with E-state index in [-0.39, 0.29) is 11.6 Å². The van der Waals surface area contributed by atoms with Gasteiger partial charge in [0.25, 0.3) is 0 Å². The van der Waals surface area contributed by atoms with E-state index in [9.17, 15) is 5.11 Å². The first-order valence-corrected chi connectivity index (χ1v) is 4.28. The lowest BCUT2D eigenvalue weighted by Gasteiger charge is -1.97. The third-order valence-electron chi connectivity index (χ3n) is 2.13. The van der Waals surface area contributed by atoms with Gasteiger partial charge in [-0.3, -0.25) is 5.41 Å². The molecule has 72 valence electrons. The van der Waals surface area contributed by atoms with Crippen LogP contribution in [-0.2, 0) is 6.42 Å². The summed E-state index contributed by atoms with van der Waals surface area (Å²) in [6.07, 6.45) is 2.22. The number of H-pyrrole nitrogens is 1. The Morgan fingerprint density at radius 2 is 2.29 bits per heavy atom. The van der Waals surface area contributed by atoms with Gasteiger partial charge in [0.15, 0.2) is 0 Å². The Morgan fingerprint density at radius 1 is 1.50 bits per heavy atom. The van der Waals surface area contributed by atoms with Crippen LogP contribution in [0.3, 0.4) is 0 Å². The molecule has 1 aromatic carbocycles. The zero-order valence-electron chi connectivity index (χ0n) is 7.54. The van der Waals surface area contributed by atoms with Crippen LogP contribution in [0, 0.1) is 5.41 Å². The third kappa shape index (κ3) is 1.42. The molecule has 4 nitrogen and oxygen atoms in total. The molecule has 0 saturated carbocycles. The molecule has 0 aliphatic rings. The summed E-state index contributed by atoms with van der Waals surface area (Å²) in [7, 11) is 0. The molecule has 0 atom stereocenters. The van der Waals surface area contributed by atoms with Gasteiger partial charge in [-0.2, -0.15) is 0 Å². The average Bonchev–Trinajstić information content (AvgIpc) is 2.47. The second-order valence-corrected chi connectivity index (χ2v) is 3.25. The van der Waals surface area contributed by atoms with Crippen LogP contribution in [0.15, 0.2) is 24.4 Å². The quantitative estimate of drug-likeness (QED) is 0.424. The van der Waals surface area contributed by atoms with E-state index < -0.39 is 0 Å². The predicted octanol–water partition coefficient (Wildman–Crippen LogP) is 1.35. The van der Waals surface area contributed by atoms with Crippen molar-refractivity contribution in [3.63, 3.8) is 0 Å². The van der Waals surface area contributed by atoms with Crippen molar-refractivity contribution in [2.75, 3.05) is 0 Å². The zero-order chi connectivity index (χ0) is 10.1. The van der Waals surface area contributed by atoms with Gasteiger partial charge in [0.1, 0.15) is 5.75 Å². The number of aromatic hydroxyl groups is 1. The Hall–Kier alpha value is -1.97. The first-order chi connectivity index (χ1) is 6.66. The maximum Gasteiger partial charge on any atom is 0.116 e. The largest absolute Gasteiger partial charge is 0.508 e. The smallest absolute Gasteiger partial charge is 0.116 e. The molecule has 0 spiro atoms. The fraction of sp³-hybridized carbons (Fsp3) is 0.100. The highest BCUT2D eigenvalue weighted by Gasteiger charge is 2.04. The standard InChI is InChI=1S/C10H11N3O/c11-10(12)3-6-5-13-9-2-1-7(14)4-8(6)9/h1-2,4-5,13-14H,3H2,(H3,11,12). The van der Waals surface area contributed by atoms with Crippen LogP contribution >= 0.6 is 0 Å². The second-order valence-electron chi connectivity index (χ2n) is 3.25. The van der Waals surface area contributed by atoms with E-state index in [2.05, 4.69) is 4.98 Å². The van der Waals surface area contributed by atoms with Gasteiger partial charge >= 0.3 is 0 Å². The van der Waals surface area contributed by atoms with E-state index in [0.717, 1.165) is 16.5 Å². The SMILES string of the molecule is N=C(N)Cc1c[nH]c2ccc(O)cc12. The molecule has 4 heteroatoms. The first kappa shape index (κ1) is 8.62. The van der Waals surface area contributed by atoms with Crippen molar-refractivity contribution in [2.45, 2.75) is 6.42 Å². The van der Waals surface area contributed by atoms with Crippen LogP contribution in [0.25, 0.3) is 10.9 Å². The number of rotatable bonds is 2. The summed E-state index contributed by atoms with van der Waals surface area (Å²) < 4.78 is 0. The molecule has 0 unspecified atom stereocenters. The van der Waals surface area contributed by atoms with Gasteiger partial charge in [0.05, 0.1) is 5.84 Å². The number of nitrogens with one attached hydrogen (secondary N) is 2. The number of amidine groups is 1. The molecule has 0 aliphatic heterocycles. The van der Waals surface area contributed by atoms with E-state index in [1.807, 2.05) is 6.20 Å². The van der Waals surface area contributed by atoms with E-state index >= 15 is 0 Å². The molecule has 0 fully saturated rings. The van der Waals surface area contributed by atoms with Crippen molar-refractivity contribution in [3.8, 4) is 5.75 Å². The molecule has 14 heavy (non-hydrogen) atoms. The topological polar surface area (TPSA) is 85.9 Å². The van der Waals surface area contributed by atoms with Gasteiger partial charge in [-0.15, -0.1) is 0 Å². The van der Waals surface area contributed by atoms with Gasteiger partial charge < -0.3 is 15.8 Å². The molecule has 1 heterocycles. The molecule has 1 aromatic heterocycles. The highest BCUT2D eigenvalue weighted by atomic mass is 16.3. The number of aromatic nitrogens is 1. The van der Waals surface area contributed by atoms with Crippen molar-refractivity contribution in [2.24, 2.45) is 5.73 Å². The van der Waals surface area contributed by atoms with Gasteiger partial charge in [0.2, 0.25) is 0 Å². The minimum atomic E-state index is 0.120. The normalized spacial score (nSPS) is 10.6. The van der Waals surface area contributed by atoms with Gasteiger partial charge in [0, 0.05) is 23.5 Å². The van der Waals surface area contributed by atoms with Gasteiger partial charge in [-0.05, 0) is 23.8 Å². The van der Waals surface area contributed by atoms with Crippen LogP contribution in [0.5, 0.6) is 5.75 Å². The highest BCUT2D eigenvalue weighted by molar-refractivity contribution is 5.89. The lowest BCUT2D eigenvalue weighted by Crippen LogP contribution is -2.12. The lowest BCUT2D eigenvalue weighted by atomic mass is 10.1. The van der Waals surface area contributed by atoms with Crippen molar-refractivity contribution in [1.82, 2.24) is 4.98 Å². The molecular formula is C10H11N3O. The van der Waals surface area contributed by atoms with Crippen molar-refractivity contribution >= 4 is 16.7 Å². The van der Waals surface area contributed by atoms with Gasteiger partial charge in [-0.25, -0.2) is 0 Å². The fourth-order valence-corrected chi connectivity index (χ4v) is 1.52. The molecule has 0 radical (unpaired) electrons. The monoisotopic (exact) mass is 189 g/mol. The minimum absolute atomic E-state index is 0.120. The summed E-state index contributed by atoms with van der Waals surface area (Å²) in [5.74, 6) is 0.344. The number of hydrogen-bond donors (Lipinski definition) is 4. The number of benzene rings is 1. The molecular weight excluding hydrogens is 178 g/mol. The minimum Gasteiger partial charge on any atom is -0.508 e. The summed E-state index contributed by atoms with van der Waals surface area (Å²) in [6, 6.07) is 5.09. The van der Waals surface area contributed by atoms with Crippen molar-refractivity contribution in [1.29, 1.82) is 5.41 Å². The maximum absolute atomic E-state index is 9.31. The number of nitrogens with two attached hydrogens (primary N) is 1. The Kier molecular flexibility index (Phi) is 1.89. The molecule has 0 amide bonds. The number of fused-ring (bicyclic) bond motifs is 1. The van der Waals surface area contributed by atoms with Crippen LogP contribution in [0.4, 0.5) is 0 Å². The molecule has 2 aromatic rings. The van der Waals surface area contributed by atoms with Crippen molar-refractivity contribution < 1.29 is 5.11 Å². The molecule has 0 saturated heterocycles. The number of aromatic amines is 1. The zero-order valence-corrected chi connectivity index (χ0v) is 7.54. The third-order valence-corrected chi connectivity index (χ3v) is 2.13. The molecule has 5 N–H and O–H groups in total. The van der Waals surface area contributed by atoms with E-state index in [0.29, 0.717) is 6.42 Å². The summed E-state index contributed by atoms with van der Waals surface area (Å²) >= 11 is 0. The molecule has 0 aliphatic carbocycles. The average molecular weight is 189 g/mol. The number of hydrogen-bond acceptors (Lipinski definition) is 2. The predicted molar refractivity (Wildman–Crippen MR) is 55.6 cm³/mol. The number of phenolic OH excluding ortho intramolecular Hbond substituents is 1. The van der Waals surface area contributed by atoms with E-state index in [4.69, 9.17) is 11.1 Å². The van der Waals surface area contributed by atoms with Gasteiger partial charge in [-0.1, -0.05) is 0 Å². The fourth-order valence-electron chi connectivity index (χ4n) is 1.52. The number of phenols is 1. The second kappa shape index (κ2) is 3.06. The van der Waals surface area contributed by atoms with E-state index in [1.165, 1.54) is 0 Å². The molecule has 2 rings (SSSR count). The maximum atomic E-state index is 9.31. The van der Waals surface area contributed by atoms with Crippen LogP contribution in [0.1, 0.15) is 5.56 Å². The van der Waals surface area contributed by atoms with Crippen LogP contribution in [-0.4, -0.2) is 15.9 Å². The Labute approximate surface area is 80.9 Å². The summed E-state index contributed by atoms with van der Waals surface area (Å²) in [6.45, 7) is 0. The van der Waals surface area contributed by atoms with Crippen molar-refractivity contribution in [3.05, 3.63) is 30.0 Å².